The van der Waals surface area contributed by atoms with Crippen molar-refractivity contribution in [2.45, 2.75) is 19.9 Å². The van der Waals surface area contributed by atoms with Crippen molar-refractivity contribution in [1.29, 1.82) is 0 Å². The van der Waals surface area contributed by atoms with Gasteiger partial charge in [0.25, 0.3) is 0 Å². The third kappa shape index (κ3) is 3.73. The Morgan fingerprint density at radius 2 is 1.83 bits per heavy atom. The number of benzene rings is 2. The van der Waals surface area contributed by atoms with Gasteiger partial charge in [0.05, 0.1) is 11.4 Å². The molecular weight excluding hydrogens is 368 g/mol. The first-order valence-corrected chi connectivity index (χ1v) is 9.14. The predicted octanol–water partition coefficient (Wildman–Crippen LogP) is 3.18. The van der Waals surface area contributed by atoms with Crippen LogP contribution in [0.3, 0.4) is 0 Å². The Morgan fingerprint density at radius 3 is 2.59 bits per heavy atom. The number of ether oxygens (including phenoxy) is 1. The van der Waals surface area contributed by atoms with Crippen LogP contribution in [0.4, 0.5) is 5.69 Å². The number of hydrogen-bond donors (Lipinski definition) is 2. The van der Waals surface area contributed by atoms with Crippen LogP contribution in [0.15, 0.2) is 60.7 Å². The zero-order valence-electron chi connectivity index (χ0n) is 16.0. The molecule has 4 aromatic rings. The summed E-state index contributed by atoms with van der Waals surface area (Å²) in [7, 11) is 0. The molecule has 146 valence electrons. The van der Waals surface area contributed by atoms with E-state index in [0.29, 0.717) is 28.6 Å². The van der Waals surface area contributed by atoms with E-state index in [0.717, 1.165) is 11.3 Å². The number of fused-ring (bicyclic) bond motifs is 1. The molecule has 0 aliphatic carbocycles. The highest BCUT2D eigenvalue weighted by Gasteiger charge is 2.17. The standard InChI is InChI=1S/C21H20N6O2/c1-13(20(22)28)23-18-12-17(26-27-14(2)24-25-21(18)27)16-10-6-7-11-19(16)29-15-8-4-3-5-9-15/h3-13,23H,1-2H3,(H2,22,28)/t13-/m1/s1. The van der Waals surface area contributed by atoms with Crippen LogP contribution >= 0.6 is 0 Å². The smallest absolute Gasteiger partial charge is 0.239 e. The van der Waals surface area contributed by atoms with E-state index < -0.39 is 11.9 Å². The average molecular weight is 388 g/mol. The van der Waals surface area contributed by atoms with Gasteiger partial charge in [0.1, 0.15) is 17.5 Å². The molecule has 0 aliphatic heterocycles. The van der Waals surface area contributed by atoms with Crippen LogP contribution in [-0.2, 0) is 4.79 Å². The monoisotopic (exact) mass is 388 g/mol. The molecule has 0 spiro atoms. The molecule has 4 rings (SSSR count). The number of rotatable bonds is 6. The highest BCUT2D eigenvalue weighted by molar-refractivity contribution is 5.85. The van der Waals surface area contributed by atoms with E-state index in [1.54, 1.807) is 11.4 Å². The molecule has 1 atom stereocenters. The Balaban J connectivity index is 1.82. The predicted molar refractivity (Wildman–Crippen MR) is 110 cm³/mol. The Labute approximate surface area is 167 Å². The van der Waals surface area contributed by atoms with Gasteiger partial charge in [-0.05, 0) is 44.2 Å². The summed E-state index contributed by atoms with van der Waals surface area (Å²) in [6, 6.07) is 18.4. The number of carbonyl (C=O) groups is 1. The topological polar surface area (TPSA) is 107 Å². The van der Waals surface area contributed by atoms with Gasteiger partial charge in [-0.1, -0.05) is 30.3 Å². The van der Waals surface area contributed by atoms with Crippen molar-refractivity contribution < 1.29 is 9.53 Å². The molecule has 0 saturated carbocycles. The molecule has 0 aliphatic rings. The van der Waals surface area contributed by atoms with E-state index in [1.807, 2.05) is 67.6 Å². The number of nitrogens with one attached hydrogen (secondary N) is 1. The summed E-state index contributed by atoms with van der Waals surface area (Å²) in [4.78, 5) is 11.5. The summed E-state index contributed by atoms with van der Waals surface area (Å²) in [5.74, 6) is 1.54. The number of amides is 1. The molecule has 29 heavy (non-hydrogen) atoms. The van der Waals surface area contributed by atoms with Gasteiger partial charge in [-0.3, -0.25) is 4.79 Å². The van der Waals surface area contributed by atoms with E-state index in [1.165, 1.54) is 0 Å². The maximum Gasteiger partial charge on any atom is 0.239 e. The second-order valence-corrected chi connectivity index (χ2v) is 6.61. The first kappa shape index (κ1) is 18.4. The number of primary amides is 1. The summed E-state index contributed by atoms with van der Waals surface area (Å²) in [6.45, 7) is 3.50. The van der Waals surface area contributed by atoms with Gasteiger partial charge < -0.3 is 15.8 Å². The fourth-order valence-electron chi connectivity index (χ4n) is 2.91. The molecule has 2 aromatic heterocycles. The lowest BCUT2D eigenvalue weighted by atomic mass is 10.1. The molecule has 8 nitrogen and oxygen atoms in total. The summed E-state index contributed by atoms with van der Waals surface area (Å²) < 4.78 is 7.70. The number of anilines is 1. The highest BCUT2D eigenvalue weighted by atomic mass is 16.5. The molecule has 1 amide bonds. The molecule has 8 heteroatoms. The van der Waals surface area contributed by atoms with E-state index in [4.69, 9.17) is 10.5 Å². The summed E-state index contributed by atoms with van der Waals surface area (Å²) in [5, 5.41) is 16.0. The van der Waals surface area contributed by atoms with Crippen molar-refractivity contribution in [3.63, 3.8) is 0 Å². The van der Waals surface area contributed by atoms with E-state index in [2.05, 4.69) is 20.6 Å². The molecule has 2 aromatic carbocycles. The summed E-state index contributed by atoms with van der Waals surface area (Å²) >= 11 is 0. The highest BCUT2D eigenvalue weighted by Crippen LogP contribution is 2.34. The lowest BCUT2D eigenvalue weighted by molar-refractivity contribution is -0.118. The average Bonchev–Trinajstić information content (AvgIpc) is 3.10. The van der Waals surface area contributed by atoms with Crippen molar-refractivity contribution in [2.24, 2.45) is 5.73 Å². The maximum atomic E-state index is 11.5. The van der Waals surface area contributed by atoms with Crippen LogP contribution in [0.2, 0.25) is 0 Å². The van der Waals surface area contributed by atoms with Crippen LogP contribution in [0.5, 0.6) is 11.5 Å². The van der Waals surface area contributed by atoms with Crippen molar-refractivity contribution in [3.8, 4) is 22.8 Å². The zero-order valence-corrected chi connectivity index (χ0v) is 16.0. The Morgan fingerprint density at radius 1 is 1.10 bits per heavy atom. The second kappa shape index (κ2) is 7.59. The van der Waals surface area contributed by atoms with Crippen LogP contribution in [0.25, 0.3) is 16.9 Å². The van der Waals surface area contributed by atoms with Crippen LogP contribution in [0.1, 0.15) is 12.7 Å². The van der Waals surface area contributed by atoms with E-state index in [-0.39, 0.29) is 0 Å². The number of para-hydroxylation sites is 2. The molecule has 0 radical (unpaired) electrons. The summed E-state index contributed by atoms with van der Waals surface area (Å²) in [6.07, 6.45) is 0. The number of nitrogens with two attached hydrogens (primary N) is 1. The third-order valence-corrected chi connectivity index (χ3v) is 4.46. The minimum absolute atomic E-state index is 0.467. The van der Waals surface area contributed by atoms with Gasteiger partial charge in [-0.15, -0.1) is 10.2 Å². The summed E-state index contributed by atoms with van der Waals surface area (Å²) in [5.41, 5.74) is 7.97. The van der Waals surface area contributed by atoms with Crippen LogP contribution < -0.4 is 15.8 Å². The minimum Gasteiger partial charge on any atom is -0.457 e. The van der Waals surface area contributed by atoms with Crippen molar-refractivity contribution >= 4 is 17.2 Å². The van der Waals surface area contributed by atoms with E-state index >= 15 is 0 Å². The quantitative estimate of drug-likeness (QED) is 0.525. The van der Waals surface area contributed by atoms with Gasteiger partial charge in [-0.25, -0.2) is 0 Å². The first-order valence-electron chi connectivity index (χ1n) is 9.14. The molecule has 2 heterocycles. The fourth-order valence-corrected chi connectivity index (χ4v) is 2.91. The number of aromatic nitrogens is 4. The first-order chi connectivity index (χ1) is 14.0. The lowest BCUT2D eigenvalue weighted by Gasteiger charge is -2.15. The number of hydrogen-bond acceptors (Lipinski definition) is 6. The van der Waals surface area contributed by atoms with Crippen molar-refractivity contribution in [1.82, 2.24) is 19.8 Å². The van der Waals surface area contributed by atoms with Crippen LogP contribution in [-0.4, -0.2) is 31.8 Å². The fraction of sp³-hybridized carbons (Fsp3) is 0.143. The number of nitrogens with zero attached hydrogens (tertiary/aromatic N) is 4. The molecule has 0 fully saturated rings. The minimum atomic E-state index is -0.582. The molecule has 0 saturated heterocycles. The van der Waals surface area contributed by atoms with Gasteiger partial charge in [-0.2, -0.15) is 9.61 Å². The van der Waals surface area contributed by atoms with Gasteiger partial charge in [0.2, 0.25) is 11.6 Å². The molecule has 0 unspecified atom stereocenters. The van der Waals surface area contributed by atoms with Gasteiger partial charge in [0.15, 0.2) is 5.82 Å². The SMILES string of the molecule is Cc1nnc2c(N[C@H](C)C(N)=O)cc(-c3ccccc3Oc3ccccc3)nn12. The zero-order chi connectivity index (χ0) is 20.4. The molecule has 0 bridgehead atoms. The largest absolute Gasteiger partial charge is 0.457 e. The Hall–Kier alpha value is -3.94. The van der Waals surface area contributed by atoms with Gasteiger partial charge in [0, 0.05) is 5.56 Å². The second-order valence-electron chi connectivity index (χ2n) is 6.61. The normalized spacial score (nSPS) is 11.9. The lowest BCUT2D eigenvalue weighted by Crippen LogP contribution is -2.32. The third-order valence-electron chi connectivity index (χ3n) is 4.46. The Kier molecular flexibility index (Phi) is 4.82. The molecular formula is C21H20N6O2. The van der Waals surface area contributed by atoms with Crippen molar-refractivity contribution in [2.75, 3.05) is 5.32 Å². The Bertz CT molecular complexity index is 1170. The number of aryl methyl sites for hydroxylation is 1. The maximum absolute atomic E-state index is 11.5. The van der Waals surface area contributed by atoms with Crippen molar-refractivity contribution in [3.05, 3.63) is 66.5 Å². The van der Waals surface area contributed by atoms with E-state index in [9.17, 15) is 4.79 Å². The van der Waals surface area contributed by atoms with Gasteiger partial charge >= 0.3 is 0 Å². The molecule has 3 N–H and O–H groups in total. The number of carbonyl (C=O) groups excluding carboxylic acids is 1. The van der Waals surface area contributed by atoms with Crippen LogP contribution in [0, 0.1) is 6.92 Å².